The fourth-order valence-electron chi connectivity index (χ4n) is 2.79. The van der Waals surface area contributed by atoms with Crippen molar-refractivity contribution in [3.8, 4) is 5.75 Å². The number of hydrogen-bond acceptors (Lipinski definition) is 6. The van der Waals surface area contributed by atoms with E-state index in [2.05, 4.69) is 30.7 Å². The van der Waals surface area contributed by atoms with Gasteiger partial charge in [-0.05, 0) is 35.9 Å². The van der Waals surface area contributed by atoms with E-state index >= 15 is 0 Å². The molecule has 1 heterocycles. The first-order valence-electron chi connectivity index (χ1n) is 9.13. The van der Waals surface area contributed by atoms with Crippen molar-refractivity contribution in [3.05, 3.63) is 90.0 Å². The molecule has 0 saturated carbocycles. The number of phenols is 1. The summed E-state index contributed by atoms with van der Waals surface area (Å²) in [4.78, 5) is 0. The lowest BCUT2D eigenvalue weighted by Crippen LogP contribution is -1.95. The monoisotopic (exact) mass is 382 g/mol. The van der Waals surface area contributed by atoms with Crippen LogP contribution in [0.1, 0.15) is 23.6 Å². The maximum absolute atomic E-state index is 10.0. The lowest BCUT2D eigenvalue weighted by atomic mass is 10.1. The van der Waals surface area contributed by atoms with Crippen molar-refractivity contribution in [2.45, 2.75) is 12.5 Å². The molecule has 142 valence electrons. The van der Waals surface area contributed by atoms with Crippen molar-refractivity contribution in [2.75, 3.05) is 0 Å². The largest absolute Gasteiger partial charge is 0.507 e. The molecule has 1 N–H and O–H groups in total. The van der Waals surface area contributed by atoms with Gasteiger partial charge in [-0.3, -0.25) is 0 Å². The summed E-state index contributed by atoms with van der Waals surface area (Å²) in [7, 11) is 0. The normalized spacial score (nSPS) is 17.7. The molecule has 0 aromatic heterocycles. The van der Waals surface area contributed by atoms with Crippen molar-refractivity contribution in [3.63, 3.8) is 0 Å². The highest BCUT2D eigenvalue weighted by Gasteiger charge is 2.19. The van der Waals surface area contributed by atoms with E-state index in [1.54, 1.807) is 18.2 Å². The van der Waals surface area contributed by atoms with Crippen LogP contribution in [0, 0.1) is 0 Å². The fraction of sp³-hybridized carbons (Fsp3) is 0.0909. The van der Waals surface area contributed by atoms with Crippen LogP contribution >= 0.6 is 0 Å². The number of rotatable bonds is 5. The molecule has 1 atom stereocenters. The van der Waals surface area contributed by atoms with Gasteiger partial charge >= 0.3 is 0 Å². The predicted molar refractivity (Wildman–Crippen MR) is 112 cm³/mol. The minimum atomic E-state index is -0.0275. The van der Waals surface area contributed by atoms with Crippen molar-refractivity contribution >= 4 is 23.4 Å². The number of nitrogens with zero attached hydrogens (tertiary/aromatic N) is 6. The zero-order valence-corrected chi connectivity index (χ0v) is 15.5. The van der Waals surface area contributed by atoms with E-state index in [1.165, 1.54) is 6.21 Å². The Bertz CT molecular complexity index is 1090. The van der Waals surface area contributed by atoms with Gasteiger partial charge in [-0.25, -0.2) is 0 Å². The number of amidine groups is 1. The molecule has 0 amide bonds. The van der Waals surface area contributed by atoms with E-state index in [-0.39, 0.29) is 11.8 Å². The van der Waals surface area contributed by atoms with Crippen LogP contribution in [-0.4, -0.2) is 17.2 Å². The zero-order valence-electron chi connectivity index (χ0n) is 15.5. The van der Waals surface area contributed by atoms with Crippen LogP contribution in [-0.2, 0) is 0 Å². The second-order valence-corrected chi connectivity index (χ2v) is 6.39. The van der Waals surface area contributed by atoms with E-state index < -0.39 is 0 Å². The van der Waals surface area contributed by atoms with Crippen molar-refractivity contribution in [2.24, 2.45) is 30.7 Å². The maximum atomic E-state index is 10.0. The standard InChI is InChI=1S/C22H18N6O/c29-21-12-11-19(25-24-18-9-5-2-6-10-18)13-17(21)15-23-27-22-14-20(26-28-22)16-7-3-1-4-8-16/h1-13,15,20,29H,14H2/b23-15+,25-24?,27-22-. The van der Waals surface area contributed by atoms with Gasteiger partial charge in [0.2, 0.25) is 0 Å². The van der Waals surface area contributed by atoms with Crippen LogP contribution in [0.15, 0.2) is 110 Å². The average Bonchev–Trinajstić information content (AvgIpc) is 3.24. The molecule has 1 unspecified atom stereocenters. The van der Waals surface area contributed by atoms with Crippen LogP contribution in [0.5, 0.6) is 5.75 Å². The first-order chi connectivity index (χ1) is 14.3. The Hall–Kier alpha value is -4.00. The molecular formula is C22H18N6O. The highest BCUT2D eigenvalue weighted by Crippen LogP contribution is 2.27. The van der Waals surface area contributed by atoms with Crippen LogP contribution in [0.25, 0.3) is 0 Å². The summed E-state index contributed by atoms with van der Waals surface area (Å²) in [5.41, 5.74) is 2.94. The lowest BCUT2D eigenvalue weighted by molar-refractivity contribution is 0.474. The van der Waals surface area contributed by atoms with Gasteiger partial charge < -0.3 is 5.11 Å². The minimum absolute atomic E-state index is 0.0275. The molecule has 1 aliphatic rings. The first-order valence-corrected chi connectivity index (χ1v) is 9.13. The highest BCUT2D eigenvalue weighted by molar-refractivity contribution is 5.87. The number of phenolic OH excluding ortho intramolecular Hbond substituents is 1. The molecule has 3 aromatic rings. The Morgan fingerprint density at radius 1 is 0.862 bits per heavy atom. The molecule has 0 aliphatic carbocycles. The van der Waals surface area contributed by atoms with Gasteiger partial charge in [0.15, 0.2) is 5.84 Å². The van der Waals surface area contributed by atoms with Crippen LogP contribution in [0.3, 0.4) is 0 Å². The van der Waals surface area contributed by atoms with Gasteiger partial charge in [0.05, 0.1) is 17.6 Å². The summed E-state index contributed by atoms with van der Waals surface area (Å²) in [6.45, 7) is 0. The molecule has 1 aliphatic heterocycles. The Kier molecular flexibility index (Phi) is 5.57. The molecule has 7 nitrogen and oxygen atoms in total. The van der Waals surface area contributed by atoms with Gasteiger partial charge in [0.1, 0.15) is 11.8 Å². The number of benzene rings is 3. The van der Waals surface area contributed by atoms with Crippen LogP contribution < -0.4 is 0 Å². The zero-order chi connectivity index (χ0) is 19.9. The molecule has 0 saturated heterocycles. The van der Waals surface area contributed by atoms with Gasteiger partial charge in [0, 0.05) is 12.0 Å². The maximum Gasteiger partial charge on any atom is 0.175 e. The third-order valence-electron chi connectivity index (χ3n) is 4.29. The third kappa shape index (κ3) is 4.84. The van der Waals surface area contributed by atoms with Crippen LogP contribution in [0.4, 0.5) is 11.4 Å². The Morgan fingerprint density at radius 2 is 1.59 bits per heavy atom. The molecular weight excluding hydrogens is 364 g/mol. The summed E-state index contributed by atoms with van der Waals surface area (Å²) < 4.78 is 0. The number of aromatic hydroxyl groups is 1. The molecule has 3 aromatic carbocycles. The quantitative estimate of drug-likeness (QED) is 0.320. The van der Waals surface area contributed by atoms with Gasteiger partial charge in [-0.1, -0.05) is 48.5 Å². The molecule has 0 fully saturated rings. The van der Waals surface area contributed by atoms with Crippen molar-refractivity contribution in [1.82, 2.24) is 0 Å². The fourth-order valence-corrected chi connectivity index (χ4v) is 2.79. The van der Waals surface area contributed by atoms with Crippen LogP contribution in [0.2, 0.25) is 0 Å². The first kappa shape index (κ1) is 18.4. The Labute approximate surface area is 167 Å². The van der Waals surface area contributed by atoms with E-state index in [0.717, 1.165) is 11.3 Å². The summed E-state index contributed by atoms with van der Waals surface area (Å²) in [5, 5.41) is 34.9. The average molecular weight is 382 g/mol. The highest BCUT2D eigenvalue weighted by atomic mass is 16.3. The lowest BCUT2D eigenvalue weighted by Gasteiger charge is -2.03. The molecule has 0 radical (unpaired) electrons. The third-order valence-corrected chi connectivity index (χ3v) is 4.29. The second-order valence-electron chi connectivity index (χ2n) is 6.39. The summed E-state index contributed by atoms with van der Waals surface area (Å²) >= 11 is 0. The van der Waals surface area contributed by atoms with Crippen molar-refractivity contribution < 1.29 is 5.11 Å². The Morgan fingerprint density at radius 3 is 2.38 bits per heavy atom. The SMILES string of the molecule is Oc1ccc(N=Nc2ccccc2)cc1/C=N/N=C1/CC(c2ccccc2)N=N1. The predicted octanol–water partition coefficient (Wildman–Crippen LogP) is 6.14. The van der Waals surface area contributed by atoms with E-state index in [1.807, 2.05) is 60.7 Å². The van der Waals surface area contributed by atoms with E-state index in [9.17, 15) is 5.11 Å². The summed E-state index contributed by atoms with van der Waals surface area (Å²) in [6, 6.07) is 24.3. The van der Waals surface area contributed by atoms with E-state index in [0.29, 0.717) is 23.5 Å². The van der Waals surface area contributed by atoms with Crippen molar-refractivity contribution in [1.29, 1.82) is 0 Å². The van der Waals surface area contributed by atoms with Gasteiger partial charge in [-0.2, -0.15) is 20.4 Å². The topological polar surface area (TPSA) is 94.4 Å². The summed E-state index contributed by atoms with van der Waals surface area (Å²) in [5.74, 6) is 0.636. The molecule has 7 heteroatoms. The summed E-state index contributed by atoms with van der Waals surface area (Å²) in [6.07, 6.45) is 2.06. The number of hydrogen-bond donors (Lipinski definition) is 1. The molecule has 29 heavy (non-hydrogen) atoms. The second kappa shape index (κ2) is 8.79. The molecule has 4 rings (SSSR count). The molecule has 0 spiro atoms. The minimum Gasteiger partial charge on any atom is -0.507 e. The molecule has 0 bridgehead atoms. The van der Waals surface area contributed by atoms with Gasteiger partial charge in [-0.15, -0.1) is 10.2 Å². The Balaban J connectivity index is 1.44. The van der Waals surface area contributed by atoms with Gasteiger partial charge in [0.25, 0.3) is 0 Å². The number of azo groups is 2. The smallest absolute Gasteiger partial charge is 0.175 e. The van der Waals surface area contributed by atoms with E-state index in [4.69, 9.17) is 0 Å².